The molecule has 0 radical (unpaired) electrons. The molecule has 0 fully saturated rings. The highest BCUT2D eigenvalue weighted by Crippen LogP contribution is 2.28. The normalized spacial score (nSPS) is 11.5. The van der Waals surface area contributed by atoms with E-state index >= 15 is 0 Å². The summed E-state index contributed by atoms with van der Waals surface area (Å²) in [4.78, 5) is 10.9. The van der Waals surface area contributed by atoms with E-state index in [0.29, 0.717) is 5.39 Å². The van der Waals surface area contributed by atoms with E-state index in [0.717, 1.165) is 12.1 Å². The quantitative estimate of drug-likeness (QED) is 0.895. The molecule has 0 unspecified atom stereocenters. The third-order valence-electron chi connectivity index (χ3n) is 2.32. The Kier molecular flexibility index (Phi) is 2.86. The highest BCUT2D eigenvalue weighted by Gasteiger charge is 2.31. The molecule has 0 aliphatic heterocycles. The van der Waals surface area contributed by atoms with Gasteiger partial charge in [0.25, 0.3) is 0 Å². The maximum Gasteiger partial charge on any atom is 0.573 e. The molecule has 0 amide bonds. The molecule has 3 nitrogen and oxygen atoms in total. The van der Waals surface area contributed by atoms with Gasteiger partial charge in [-0.05, 0) is 29.0 Å². The lowest BCUT2D eigenvalue weighted by atomic mass is 10.0. The molecule has 0 heterocycles. The Labute approximate surface area is 99.4 Å². The lowest BCUT2D eigenvalue weighted by Gasteiger charge is -2.10. The number of hydrogen-bond acceptors (Lipinski definition) is 2. The molecule has 0 aliphatic carbocycles. The zero-order valence-corrected chi connectivity index (χ0v) is 8.86. The molecule has 0 bridgehead atoms. The van der Waals surface area contributed by atoms with Crippen LogP contribution in [0.4, 0.5) is 13.2 Å². The zero-order chi connectivity index (χ0) is 13.3. The van der Waals surface area contributed by atoms with E-state index in [1.165, 1.54) is 18.2 Å². The average molecular weight is 256 g/mol. The number of carboxylic acid groups (broad SMARTS) is 1. The van der Waals surface area contributed by atoms with E-state index in [-0.39, 0.29) is 10.9 Å². The Balaban J connectivity index is 2.55. The van der Waals surface area contributed by atoms with Crippen molar-refractivity contribution in [2.24, 2.45) is 0 Å². The predicted molar refractivity (Wildman–Crippen MR) is 57.6 cm³/mol. The molecule has 0 atom stereocenters. The van der Waals surface area contributed by atoms with Gasteiger partial charge in [0.2, 0.25) is 0 Å². The molecule has 0 aromatic heterocycles. The van der Waals surface area contributed by atoms with Crippen LogP contribution in [-0.2, 0) is 0 Å². The van der Waals surface area contributed by atoms with Crippen molar-refractivity contribution in [1.82, 2.24) is 0 Å². The van der Waals surface area contributed by atoms with Crippen LogP contribution in [0.1, 0.15) is 10.4 Å². The van der Waals surface area contributed by atoms with Gasteiger partial charge in [0.05, 0.1) is 5.56 Å². The number of hydrogen-bond donors (Lipinski definition) is 1. The topological polar surface area (TPSA) is 46.5 Å². The van der Waals surface area contributed by atoms with Crippen LogP contribution in [0, 0.1) is 0 Å². The number of fused-ring (bicyclic) bond motifs is 1. The Morgan fingerprint density at radius 3 is 2.50 bits per heavy atom. The minimum Gasteiger partial charge on any atom is -0.478 e. The van der Waals surface area contributed by atoms with E-state index in [9.17, 15) is 18.0 Å². The summed E-state index contributed by atoms with van der Waals surface area (Å²) in [7, 11) is 0. The average Bonchev–Trinajstić information content (AvgIpc) is 2.25. The first kappa shape index (κ1) is 12.2. The van der Waals surface area contributed by atoms with Gasteiger partial charge in [0, 0.05) is 0 Å². The van der Waals surface area contributed by atoms with Gasteiger partial charge in [-0.15, -0.1) is 13.2 Å². The summed E-state index contributed by atoms with van der Waals surface area (Å²) in [5.74, 6) is -1.64. The van der Waals surface area contributed by atoms with Crippen LogP contribution >= 0.6 is 0 Å². The molecule has 6 heteroatoms. The fourth-order valence-electron chi connectivity index (χ4n) is 1.64. The third-order valence-corrected chi connectivity index (χ3v) is 2.32. The van der Waals surface area contributed by atoms with Crippen LogP contribution in [0.25, 0.3) is 10.8 Å². The van der Waals surface area contributed by atoms with Crippen molar-refractivity contribution >= 4 is 16.7 Å². The van der Waals surface area contributed by atoms with Crippen molar-refractivity contribution in [2.45, 2.75) is 6.36 Å². The molecule has 2 rings (SSSR count). The fourth-order valence-corrected chi connectivity index (χ4v) is 1.64. The van der Waals surface area contributed by atoms with Crippen LogP contribution in [-0.4, -0.2) is 17.4 Å². The van der Waals surface area contributed by atoms with Crippen LogP contribution in [0.2, 0.25) is 0 Å². The Morgan fingerprint density at radius 2 is 1.89 bits per heavy atom. The fraction of sp³-hybridized carbons (Fsp3) is 0.0833. The van der Waals surface area contributed by atoms with Gasteiger partial charge in [0.1, 0.15) is 5.75 Å². The van der Waals surface area contributed by atoms with Crippen molar-refractivity contribution in [2.75, 3.05) is 0 Å². The summed E-state index contributed by atoms with van der Waals surface area (Å²) < 4.78 is 39.9. The van der Waals surface area contributed by atoms with Gasteiger partial charge in [0.15, 0.2) is 0 Å². The lowest BCUT2D eigenvalue weighted by molar-refractivity contribution is -0.274. The van der Waals surface area contributed by atoms with Crippen LogP contribution in [0.5, 0.6) is 5.75 Å². The van der Waals surface area contributed by atoms with E-state index in [4.69, 9.17) is 5.11 Å². The second kappa shape index (κ2) is 4.21. The number of carboxylic acids is 1. The summed E-state index contributed by atoms with van der Waals surface area (Å²) in [6.07, 6.45) is -4.80. The standard InChI is InChI=1S/C12H7F3O3/c13-12(14,15)18-8-5-4-7-2-1-3-9(11(16)17)10(7)6-8/h1-6H,(H,16,17). The van der Waals surface area contributed by atoms with Crippen molar-refractivity contribution in [3.63, 3.8) is 0 Å². The summed E-state index contributed by atoms with van der Waals surface area (Å²) in [5.41, 5.74) is -0.0693. The van der Waals surface area contributed by atoms with E-state index in [1.54, 1.807) is 6.07 Å². The minimum absolute atomic E-state index is 0.0693. The van der Waals surface area contributed by atoms with Crippen molar-refractivity contribution < 1.29 is 27.8 Å². The number of alkyl halides is 3. The first-order chi connectivity index (χ1) is 8.37. The lowest BCUT2D eigenvalue weighted by Crippen LogP contribution is -2.17. The molecular formula is C12H7F3O3. The summed E-state index contributed by atoms with van der Waals surface area (Å²) >= 11 is 0. The third kappa shape index (κ3) is 2.53. The van der Waals surface area contributed by atoms with Gasteiger partial charge >= 0.3 is 12.3 Å². The van der Waals surface area contributed by atoms with Crippen LogP contribution < -0.4 is 4.74 Å². The minimum atomic E-state index is -4.80. The van der Waals surface area contributed by atoms with E-state index in [1.807, 2.05) is 0 Å². The molecule has 1 N–H and O–H groups in total. The molecule has 94 valence electrons. The number of benzene rings is 2. The van der Waals surface area contributed by atoms with Crippen molar-refractivity contribution in [3.8, 4) is 5.75 Å². The molecule has 0 spiro atoms. The second-order valence-corrected chi connectivity index (χ2v) is 3.54. The summed E-state index contributed by atoms with van der Waals surface area (Å²) in [6.45, 7) is 0. The number of rotatable bonds is 2. The monoisotopic (exact) mass is 256 g/mol. The van der Waals surface area contributed by atoms with Gasteiger partial charge in [-0.25, -0.2) is 4.79 Å². The first-order valence-corrected chi connectivity index (χ1v) is 4.88. The molecule has 18 heavy (non-hydrogen) atoms. The first-order valence-electron chi connectivity index (χ1n) is 4.88. The second-order valence-electron chi connectivity index (χ2n) is 3.54. The van der Waals surface area contributed by atoms with Crippen LogP contribution in [0.3, 0.4) is 0 Å². The molecule has 2 aromatic carbocycles. The van der Waals surface area contributed by atoms with Crippen molar-refractivity contribution in [1.29, 1.82) is 0 Å². The Morgan fingerprint density at radius 1 is 1.17 bits per heavy atom. The summed E-state index contributed by atoms with van der Waals surface area (Å²) in [6, 6.07) is 8.04. The highest BCUT2D eigenvalue weighted by molar-refractivity contribution is 6.04. The Bertz CT molecular complexity index is 605. The van der Waals surface area contributed by atoms with Crippen LogP contribution in [0.15, 0.2) is 36.4 Å². The maximum atomic E-state index is 12.1. The molecule has 0 saturated carbocycles. The van der Waals surface area contributed by atoms with Gasteiger partial charge in [-0.3, -0.25) is 0 Å². The molecular weight excluding hydrogens is 249 g/mol. The van der Waals surface area contributed by atoms with Gasteiger partial charge < -0.3 is 9.84 Å². The molecule has 2 aromatic rings. The van der Waals surface area contributed by atoms with E-state index in [2.05, 4.69) is 4.74 Å². The molecule has 0 aliphatic rings. The SMILES string of the molecule is O=C(O)c1cccc2ccc(OC(F)(F)F)cc12. The largest absolute Gasteiger partial charge is 0.573 e. The number of aromatic carboxylic acids is 1. The van der Waals surface area contributed by atoms with Gasteiger partial charge in [-0.2, -0.15) is 0 Å². The zero-order valence-electron chi connectivity index (χ0n) is 8.86. The van der Waals surface area contributed by atoms with E-state index < -0.39 is 18.1 Å². The molecule has 0 saturated heterocycles. The highest BCUT2D eigenvalue weighted by atomic mass is 19.4. The summed E-state index contributed by atoms with van der Waals surface area (Å²) in [5, 5.41) is 9.68. The number of ether oxygens (including phenoxy) is 1. The number of halogens is 3. The maximum absolute atomic E-state index is 12.1. The van der Waals surface area contributed by atoms with Crippen molar-refractivity contribution in [3.05, 3.63) is 42.0 Å². The predicted octanol–water partition coefficient (Wildman–Crippen LogP) is 3.44. The van der Waals surface area contributed by atoms with Gasteiger partial charge in [-0.1, -0.05) is 18.2 Å². The Hall–Kier alpha value is -2.24. The smallest absolute Gasteiger partial charge is 0.478 e. The number of carbonyl (C=O) groups is 1.